The average molecular weight is 403 g/mol. The number of benzene rings is 2. The maximum absolute atomic E-state index is 13.7. The summed E-state index contributed by atoms with van der Waals surface area (Å²) in [5.74, 6) is 1.42. The molecule has 0 N–H and O–H groups in total. The topological polar surface area (TPSA) is 58.8 Å². The quantitative estimate of drug-likeness (QED) is 0.502. The van der Waals surface area contributed by atoms with Gasteiger partial charge >= 0.3 is 0 Å². The van der Waals surface area contributed by atoms with Gasteiger partial charge in [-0.05, 0) is 24.8 Å². The first-order chi connectivity index (χ1) is 14.7. The van der Waals surface area contributed by atoms with Crippen LogP contribution in [0.2, 0.25) is 0 Å². The molecular formula is C24H25N3O3. The van der Waals surface area contributed by atoms with Crippen LogP contribution >= 0.6 is 0 Å². The minimum Gasteiger partial charge on any atom is -0.378 e. The molecule has 2 aromatic carbocycles. The van der Waals surface area contributed by atoms with E-state index >= 15 is 0 Å². The molecule has 0 radical (unpaired) electrons. The van der Waals surface area contributed by atoms with Gasteiger partial charge in [0.25, 0.3) is 0 Å². The van der Waals surface area contributed by atoms with Crippen LogP contribution in [0, 0.1) is 5.92 Å². The van der Waals surface area contributed by atoms with Crippen molar-refractivity contribution in [1.82, 2.24) is 5.16 Å². The molecule has 3 heterocycles. The van der Waals surface area contributed by atoms with Crippen molar-refractivity contribution < 1.29 is 14.1 Å². The number of piperidine rings is 1. The number of hydrogen-bond donors (Lipinski definition) is 0. The molecule has 3 aromatic rings. The van der Waals surface area contributed by atoms with Gasteiger partial charge in [0.15, 0.2) is 11.5 Å². The maximum atomic E-state index is 13.7. The van der Waals surface area contributed by atoms with Crippen LogP contribution in [0.5, 0.6) is 0 Å². The minimum absolute atomic E-state index is 0.0614. The van der Waals surface area contributed by atoms with E-state index in [1.54, 1.807) is 0 Å². The minimum atomic E-state index is 0.0614. The van der Waals surface area contributed by atoms with Gasteiger partial charge in [-0.2, -0.15) is 0 Å². The van der Waals surface area contributed by atoms with Crippen molar-refractivity contribution in [2.24, 2.45) is 5.92 Å². The monoisotopic (exact) mass is 403 g/mol. The van der Waals surface area contributed by atoms with Crippen molar-refractivity contribution >= 4 is 28.1 Å². The Bertz CT molecular complexity index is 1150. The van der Waals surface area contributed by atoms with Crippen molar-refractivity contribution in [1.29, 1.82) is 0 Å². The van der Waals surface area contributed by atoms with Crippen molar-refractivity contribution in [2.75, 3.05) is 49.2 Å². The largest absolute Gasteiger partial charge is 0.378 e. The molecule has 0 saturated carbocycles. The zero-order valence-corrected chi connectivity index (χ0v) is 17.2. The molecule has 2 aliphatic heterocycles. The molecule has 1 atom stereocenters. The van der Waals surface area contributed by atoms with E-state index in [4.69, 9.17) is 9.26 Å². The van der Waals surface area contributed by atoms with Crippen LogP contribution in [-0.4, -0.2) is 50.3 Å². The Morgan fingerprint density at radius 3 is 2.63 bits per heavy atom. The SMILES string of the molecule is C[C@@H]1CCCN(c2cc(N3CCOCC3)c3c4c(onc24)-c2ccccc2C3=O)C1. The number of nitrogens with zero attached hydrogens (tertiary/aromatic N) is 3. The second-order valence-corrected chi connectivity index (χ2v) is 8.69. The van der Waals surface area contributed by atoms with Gasteiger partial charge in [-0.3, -0.25) is 4.79 Å². The number of rotatable bonds is 2. The lowest BCUT2D eigenvalue weighted by Crippen LogP contribution is -2.38. The summed E-state index contributed by atoms with van der Waals surface area (Å²) in [5.41, 5.74) is 5.16. The van der Waals surface area contributed by atoms with E-state index in [1.807, 2.05) is 24.3 Å². The molecule has 0 bridgehead atoms. The molecule has 2 saturated heterocycles. The van der Waals surface area contributed by atoms with Crippen LogP contribution in [0.4, 0.5) is 11.4 Å². The summed E-state index contributed by atoms with van der Waals surface area (Å²) in [4.78, 5) is 18.4. The molecule has 1 aromatic heterocycles. The normalized spacial score (nSPS) is 21.2. The molecule has 154 valence electrons. The summed E-state index contributed by atoms with van der Waals surface area (Å²) < 4.78 is 11.5. The summed E-state index contributed by atoms with van der Waals surface area (Å²) in [6.45, 7) is 7.23. The predicted octanol–water partition coefficient (Wildman–Crippen LogP) is 4.11. The van der Waals surface area contributed by atoms with Gasteiger partial charge in [0, 0.05) is 37.3 Å². The lowest BCUT2D eigenvalue weighted by atomic mass is 9.85. The molecule has 6 nitrogen and oxygen atoms in total. The third-order valence-electron chi connectivity index (χ3n) is 6.71. The van der Waals surface area contributed by atoms with E-state index in [0.717, 1.165) is 65.3 Å². The number of carbonyl (C=O) groups is 1. The third-order valence-corrected chi connectivity index (χ3v) is 6.71. The van der Waals surface area contributed by atoms with Gasteiger partial charge in [0.2, 0.25) is 0 Å². The second kappa shape index (κ2) is 6.84. The highest BCUT2D eigenvalue weighted by atomic mass is 16.5. The van der Waals surface area contributed by atoms with E-state index in [2.05, 4.69) is 27.9 Å². The molecule has 1 aliphatic carbocycles. The van der Waals surface area contributed by atoms with Crippen LogP contribution in [0.25, 0.3) is 22.2 Å². The fourth-order valence-electron chi connectivity index (χ4n) is 5.23. The van der Waals surface area contributed by atoms with E-state index in [-0.39, 0.29) is 5.78 Å². The predicted molar refractivity (Wildman–Crippen MR) is 117 cm³/mol. The number of anilines is 2. The zero-order valence-electron chi connectivity index (χ0n) is 17.2. The molecule has 0 spiro atoms. The van der Waals surface area contributed by atoms with Gasteiger partial charge < -0.3 is 19.1 Å². The third kappa shape index (κ3) is 2.59. The lowest BCUT2D eigenvalue weighted by Gasteiger charge is -2.36. The lowest BCUT2D eigenvalue weighted by molar-refractivity contribution is 0.103. The Morgan fingerprint density at radius 1 is 1.03 bits per heavy atom. The van der Waals surface area contributed by atoms with Gasteiger partial charge in [0.1, 0.15) is 5.52 Å². The fourth-order valence-corrected chi connectivity index (χ4v) is 5.23. The Labute approximate surface area is 175 Å². The summed E-state index contributed by atoms with van der Waals surface area (Å²) in [7, 11) is 0. The smallest absolute Gasteiger partial charge is 0.196 e. The highest BCUT2D eigenvalue weighted by molar-refractivity contribution is 6.28. The fraction of sp³-hybridized carbons (Fsp3) is 0.417. The molecule has 0 amide bonds. The number of morpholine rings is 1. The van der Waals surface area contributed by atoms with Gasteiger partial charge in [-0.25, -0.2) is 0 Å². The number of hydrogen-bond acceptors (Lipinski definition) is 6. The second-order valence-electron chi connectivity index (χ2n) is 8.69. The van der Waals surface area contributed by atoms with Crippen LogP contribution in [0.1, 0.15) is 35.7 Å². The molecule has 2 fully saturated rings. The summed E-state index contributed by atoms with van der Waals surface area (Å²) in [6.07, 6.45) is 2.42. The zero-order chi connectivity index (χ0) is 20.2. The first-order valence-electron chi connectivity index (χ1n) is 10.9. The van der Waals surface area contributed by atoms with Crippen LogP contribution in [-0.2, 0) is 4.74 Å². The first-order valence-corrected chi connectivity index (χ1v) is 10.9. The van der Waals surface area contributed by atoms with Crippen molar-refractivity contribution in [3.8, 4) is 11.3 Å². The van der Waals surface area contributed by atoms with Gasteiger partial charge in [-0.1, -0.05) is 36.3 Å². The number of aromatic nitrogens is 1. The van der Waals surface area contributed by atoms with E-state index in [0.29, 0.717) is 24.7 Å². The van der Waals surface area contributed by atoms with Gasteiger partial charge in [-0.15, -0.1) is 0 Å². The van der Waals surface area contributed by atoms with Crippen LogP contribution in [0.15, 0.2) is 34.9 Å². The molecule has 30 heavy (non-hydrogen) atoms. The molecule has 3 aliphatic rings. The molecule has 6 heteroatoms. The van der Waals surface area contributed by atoms with E-state index in [1.165, 1.54) is 12.8 Å². The van der Waals surface area contributed by atoms with E-state index < -0.39 is 0 Å². The van der Waals surface area contributed by atoms with Crippen LogP contribution in [0.3, 0.4) is 0 Å². The Balaban J connectivity index is 1.63. The Kier molecular flexibility index (Phi) is 4.09. The average Bonchev–Trinajstić information content (AvgIpc) is 3.23. The van der Waals surface area contributed by atoms with Crippen LogP contribution < -0.4 is 9.80 Å². The number of ether oxygens (including phenoxy) is 1. The maximum Gasteiger partial charge on any atom is 0.196 e. The molecule has 6 rings (SSSR count). The highest BCUT2D eigenvalue weighted by Gasteiger charge is 2.35. The molecule has 0 unspecified atom stereocenters. The number of ketones is 1. The Morgan fingerprint density at radius 2 is 1.83 bits per heavy atom. The van der Waals surface area contributed by atoms with E-state index in [9.17, 15) is 4.79 Å². The summed E-state index contributed by atoms with van der Waals surface area (Å²) in [6, 6.07) is 9.88. The molecular weight excluding hydrogens is 378 g/mol. The van der Waals surface area contributed by atoms with Gasteiger partial charge in [0.05, 0.1) is 35.5 Å². The first kappa shape index (κ1) is 18.0. The van der Waals surface area contributed by atoms with Crippen molar-refractivity contribution in [2.45, 2.75) is 19.8 Å². The van der Waals surface area contributed by atoms with Crippen molar-refractivity contribution in [3.63, 3.8) is 0 Å². The standard InChI is InChI=1S/C24H25N3O3/c1-15-5-4-8-27(14-15)19-13-18(26-9-11-29-12-10-26)20-21-22(19)25-30-24(21)17-7-3-2-6-16(17)23(20)28/h2-3,6-7,13,15H,4-5,8-12,14H2,1H3/t15-/m1/s1. The summed E-state index contributed by atoms with van der Waals surface area (Å²) in [5, 5.41) is 5.37. The number of carbonyl (C=O) groups excluding carboxylic acids is 1. The van der Waals surface area contributed by atoms with Crippen molar-refractivity contribution in [3.05, 3.63) is 41.5 Å². The summed E-state index contributed by atoms with van der Waals surface area (Å²) >= 11 is 0. The Hall–Kier alpha value is -2.86. The highest BCUT2D eigenvalue weighted by Crippen LogP contribution is 2.47. The number of fused-ring (bicyclic) bond motifs is 2.